The fraction of sp³-hybridized carbons (Fsp3) is 0.467. The van der Waals surface area contributed by atoms with Gasteiger partial charge in [-0.05, 0) is 25.0 Å². The molecule has 6 heteroatoms. The van der Waals surface area contributed by atoms with Gasteiger partial charge in [0.1, 0.15) is 6.54 Å². The molecule has 0 bridgehead atoms. The van der Waals surface area contributed by atoms with Crippen molar-refractivity contribution in [2.24, 2.45) is 0 Å². The van der Waals surface area contributed by atoms with Gasteiger partial charge in [0.2, 0.25) is 5.91 Å². The van der Waals surface area contributed by atoms with Crippen molar-refractivity contribution in [1.82, 2.24) is 10.2 Å². The summed E-state index contributed by atoms with van der Waals surface area (Å²) in [7, 11) is 0. The van der Waals surface area contributed by atoms with Crippen LogP contribution in [0.4, 0.5) is 10.5 Å². The second kappa shape index (κ2) is 5.93. The van der Waals surface area contributed by atoms with Gasteiger partial charge in [-0.1, -0.05) is 36.6 Å². The third kappa shape index (κ3) is 2.97. The van der Waals surface area contributed by atoms with Gasteiger partial charge in [0.15, 0.2) is 0 Å². The molecule has 1 saturated carbocycles. The van der Waals surface area contributed by atoms with Crippen molar-refractivity contribution < 1.29 is 9.59 Å². The lowest BCUT2D eigenvalue weighted by molar-refractivity contribution is -0.126. The van der Waals surface area contributed by atoms with Crippen LogP contribution in [0.25, 0.3) is 0 Å². The van der Waals surface area contributed by atoms with Crippen molar-refractivity contribution in [1.29, 1.82) is 0 Å². The molecule has 21 heavy (non-hydrogen) atoms. The van der Waals surface area contributed by atoms with E-state index in [-0.39, 0.29) is 30.6 Å². The summed E-state index contributed by atoms with van der Waals surface area (Å²) in [6.07, 6.45) is 4.06. The Balaban J connectivity index is 1.76. The smallest absolute Gasteiger partial charge is 0.322 e. The summed E-state index contributed by atoms with van der Waals surface area (Å²) < 4.78 is 0. The normalized spacial score (nSPS) is 25.0. The van der Waals surface area contributed by atoms with E-state index in [1.54, 1.807) is 17.0 Å². The zero-order chi connectivity index (χ0) is 14.8. The molecule has 2 N–H and O–H groups in total. The number of nitrogens with one attached hydrogen (secondary N) is 2. The Morgan fingerprint density at radius 2 is 2.05 bits per heavy atom. The van der Waals surface area contributed by atoms with E-state index in [4.69, 9.17) is 11.6 Å². The summed E-state index contributed by atoms with van der Waals surface area (Å²) in [6, 6.07) is 7.01. The Labute approximate surface area is 128 Å². The number of carbonyl (C=O) groups is 2. The van der Waals surface area contributed by atoms with Gasteiger partial charge in [-0.25, -0.2) is 4.79 Å². The highest BCUT2D eigenvalue weighted by molar-refractivity contribution is 6.33. The number of amides is 3. The van der Waals surface area contributed by atoms with Gasteiger partial charge in [-0.2, -0.15) is 0 Å². The Hall–Kier alpha value is -1.75. The minimum atomic E-state index is -0.255. The number of benzene rings is 1. The number of hydrogen-bond donors (Lipinski definition) is 2. The van der Waals surface area contributed by atoms with Crippen molar-refractivity contribution in [3.05, 3.63) is 29.3 Å². The molecule has 1 aliphatic heterocycles. The van der Waals surface area contributed by atoms with E-state index < -0.39 is 0 Å². The largest absolute Gasteiger partial charge is 0.350 e. The summed E-state index contributed by atoms with van der Waals surface area (Å²) in [5.41, 5.74) is 0.572. The molecular formula is C15H18ClN3O2. The Bertz CT molecular complexity index is 564. The number of rotatable bonds is 1. The molecule has 2 fully saturated rings. The number of piperazine rings is 1. The number of urea groups is 1. The van der Waals surface area contributed by atoms with Gasteiger partial charge in [0.25, 0.3) is 0 Å². The molecule has 2 atom stereocenters. The molecule has 1 aliphatic carbocycles. The average molecular weight is 308 g/mol. The second-order valence-corrected chi connectivity index (χ2v) is 5.97. The number of anilines is 1. The van der Waals surface area contributed by atoms with Gasteiger partial charge in [0, 0.05) is 6.04 Å². The molecule has 2 aliphatic rings. The molecule has 1 aromatic carbocycles. The number of para-hydroxylation sites is 1. The number of carbonyl (C=O) groups excluding carboxylic acids is 2. The first kappa shape index (κ1) is 14.2. The number of nitrogens with zero attached hydrogens (tertiary/aromatic N) is 1. The van der Waals surface area contributed by atoms with E-state index >= 15 is 0 Å². The minimum absolute atomic E-state index is 0.0806. The fourth-order valence-corrected chi connectivity index (χ4v) is 3.33. The predicted molar refractivity (Wildman–Crippen MR) is 81.4 cm³/mol. The van der Waals surface area contributed by atoms with Gasteiger partial charge >= 0.3 is 6.03 Å². The molecule has 5 nitrogen and oxygen atoms in total. The summed E-state index contributed by atoms with van der Waals surface area (Å²) in [5.74, 6) is -0.0903. The molecule has 2 unspecified atom stereocenters. The van der Waals surface area contributed by atoms with Crippen molar-refractivity contribution in [2.45, 2.75) is 37.8 Å². The molecule has 0 spiro atoms. The third-order valence-corrected chi connectivity index (χ3v) is 4.50. The third-order valence-electron chi connectivity index (χ3n) is 4.17. The van der Waals surface area contributed by atoms with Gasteiger partial charge in [-0.15, -0.1) is 0 Å². The summed E-state index contributed by atoms with van der Waals surface area (Å²) in [4.78, 5) is 25.9. The maximum absolute atomic E-state index is 12.5. The van der Waals surface area contributed by atoms with Crippen LogP contribution in [-0.4, -0.2) is 35.5 Å². The molecule has 0 radical (unpaired) electrons. The van der Waals surface area contributed by atoms with Crippen LogP contribution in [0, 0.1) is 0 Å². The summed E-state index contributed by atoms with van der Waals surface area (Å²) in [6.45, 7) is 0.109. The van der Waals surface area contributed by atoms with Crippen LogP contribution < -0.4 is 10.6 Å². The lowest BCUT2D eigenvalue weighted by Crippen LogP contribution is -2.63. The highest BCUT2D eigenvalue weighted by Crippen LogP contribution is 2.27. The van der Waals surface area contributed by atoms with Crippen LogP contribution >= 0.6 is 11.6 Å². The van der Waals surface area contributed by atoms with E-state index in [0.29, 0.717) is 10.7 Å². The Morgan fingerprint density at radius 1 is 1.29 bits per heavy atom. The van der Waals surface area contributed by atoms with Crippen molar-refractivity contribution in [3.8, 4) is 0 Å². The maximum atomic E-state index is 12.5. The van der Waals surface area contributed by atoms with E-state index in [1.807, 2.05) is 12.1 Å². The highest BCUT2D eigenvalue weighted by atomic mass is 35.5. The Kier molecular flexibility index (Phi) is 4.01. The zero-order valence-corrected chi connectivity index (χ0v) is 12.4. The predicted octanol–water partition coefficient (Wildman–Crippen LogP) is 2.61. The van der Waals surface area contributed by atoms with E-state index in [0.717, 1.165) is 25.7 Å². The zero-order valence-electron chi connectivity index (χ0n) is 11.6. The molecule has 0 aromatic heterocycles. The lowest BCUT2D eigenvalue weighted by Gasteiger charge is -2.43. The van der Waals surface area contributed by atoms with Gasteiger partial charge in [0.05, 0.1) is 16.8 Å². The topological polar surface area (TPSA) is 61.4 Å². The minimum Gasteiger partial charge on any atom is -0.350 e. The van der Waals surface area contributed by atoms with Crippen LogP contribution in [0.15, 0.2) is 24.3 Å². The first-order valence-electron chi connectivity index (χ1n) is 7.26. The molecule has 3 rings (SSSR count). The average Bonchev–Trinajstić information content (AvgIpc) is 2.48. The maximum Gasteiger partial charge on any atom is 0.322 e. The van der Waals surface area contributed by atoms with Gasteiger partial charge in [-0.3, -0.25) is 4.79 Å². The fourth-order valence-electron chi connectivity index (χ4n) is 3.15. The quantitative estimate of drug-likeness (QED) is 0.838. The van der Waals surface area contributed by atoms with Gasteiger partial charge < -0.3 is 15.5 Å². The van der Waals surface area contributed by atoms with Crippen LogP contribution in [0.3, 0.4) is 0 Å². The molecular weight excluding hydrogens is 290 g/mol. The number of halogens is 1. The lowest BCUT2D eigenvalue weighted by atomic mass is 9.87. The van der Waals surface area contributed by atoms with E-state index in [1.165, 1.54) is 0 Å². The molecule has 1 saturated heterocycles. The molecule has 112 valence electrons. The van der Waals surface area contributed by atoms with Crippen LogP contribution in [0.2, 0.25) is 5.02 Å². The second-order valence-electron chi connectivity index (χ2n) is 5.56. The standard InChI is InChI=1S/C15H18ClN3O2/c16-10-5-1-2-6-11(10)18-15(21)19-9-14(20)17-12-7-3-4-8-13(12)19/h1-2,5-6,12-13H,3-4,7-9H2,(H,17,20)(H,18,21). The monoisotopic (exact) mass is 307 g/mol. The first-order valence-corrected chi connectivity index (χ1v) is 7.64. The Morgan fingerprint density at radius 3 is 2.86 bits per heavy atom. The van der Waals surface area contributed by atoms with Crippen LogP contribution in [0.1, 0.15) is 25.7 Å². The van der Waals surface area contributed by atoms with Crippen molar-refractivity contribution >= 4 is 29.2 Å². The summed E-state index contributed by atoms with van der Waals surface area (Å²) >= 11 is 6.06. The summed E-state index contributed by atoms with van der Waals surface area (Å²) in [5, 5.41) is 6.29. The number of hydrogen-bond acceptors (Lipinski definition) is 2. The van der Waals surface area contributed by atoms with Crippen molar-refractivity contribution in [2.75, 3.05) is 11.9 Å². The van der Waals surface area contributed by atoms with Crippen LogP contribution in [-0.2, 0) is 4.79 Å². The highest BCUT2D eigenvalue weighted by Gasteiger charge is 2.38. The first-order chi connectivity index (χ1) is 10.1. The number of fused-ring (bicyclic) bond motifs is 1. The van der Waals surface area contributed by atoms with Crippen molar-refractivity contribution in [3.63, 3.8) is 0 Å². The molecule has 3 amide bonds. The molecule has 1 heterocycles. The molecule has 1 aromatic rings. The van der Waals surface area contributed by atoms with E-state index in [9.17, 15) is 9.59 Å². The van der Waals surface area contributed by atoms with E-state index in [2.05, 4.69) is 10.6 Å². The van der Waals surface area contributed by atoms with Crippen LogP contribution in [0.5, 0.6) is 0 Å². The SMILES string of the molecule is O=C1CN(C(=O)Nc2ccccc2Cl)C2CCCCC2N1.